The summed E-state index contributed by atoms with van der Waals surface area (Å²) in [6.07, 6.45) is 1.37. The van der Waals surface area contributed by atoms with Crippen molar-refractivity contribution in [1.29, 1.82) is 0 Å². The standard InChI is InChI=1S/C31H49NO9/c1-9-11-20(5)28(33)40-26-14-13-24(18-27(26)41-29(34)21(6)12-10-2)17-25(32)30(35)38-22(7)23(8)39-31(36)37-16-15-19(3)4/h13-14,18-23,25H,9-12,15-17,32H2,1-8H3/t20?,21?,22-,23-,25-/m0/s1. The highest BCUT2D eigenvalue weighted by atomic mass is 16.7. The lowest BCUT2D eigenvalue weighted by atomic mass is 10.0. The molecule has 0 bridgehead atoms. The van der Waals surface area contributed by atoms with Gasteiger partial charge in [0.2, 0.25) is 0 Å². The third kappa shape index (κ3) is 13.4. The Morgan fingerprint density at radius 3 is 1.80 bits per heavy atom. The van der Waals surface area contributed by atoms with Gasteiger partial charge in [0.15, 0.2) is 11.5 Å². The van der Waals surface area contributed by atoms with Crippen LogP contribution >= 0.6 is 0 Å². The van der Waals surface area contributed by atoms with E-state index in [0.29, 0.717) is 30.7 Å². The second-order valence-corrected chi connectivity index (χ2v) is 11.1. The van der Waals surface area contributed by atoms with Gasteiger partial charge in [0, 0.05) is 0 Å². The average molecular weight is 580 g/mol. The van der Waals surface area contributed by atoms with Crippen LogP contribution in [0.1, 0.15) is 93.1 Å². The van der Waals surface area contributed by atoms with Crippen LogP contribution in [-0.4, -0.2) is 48.9 Å². The second kappa shape index (κ2) is 18.3. The van der Waals surface area contributed by atoms with E-state index in [4.69, 9.17) is 29.4 Å². The molecule has 0 radical (unpaired) electrons. The van der Waals surface area contributed by atoms with Crippen LogP contribution in [-0.2, 0) is 35.0 Å². The Balaban J connectivity index is 2.91. The first-order valence-corrected chi connectivity index (χ1v) is 14.6. The van der Waals surface area contributed by atoms with Crippen molar-refractivity contribution >= 4 is 24.1 Å². The van der Waals surface area contributed by atoms with Crippen molar-refractivity contribution in [2.75, 3.05) is 6.61 Å². The zero-order valence-corrected chi connectivity index (χ0v) is 25.9. The smallest absolute Gasteiger partial charge is 0.458 e. The van der Waals surface area contributed by atoms with E-state index in [9.17, 15) is 19.2 Å². The predicted octanol–water partition coefficient (Wildman–Crippen LogP) is 5.76. The summed E-state index contributed by atoms with van der Waals surface area (Å²) in [6, 6.07) is 3.66. The molecule has 0 aliphatic heterocycles. The molecule has 0 saturated carbocycles. The minimum atomic E-state index is -1.05. The van der Waals surface area contributed by atoms with E-state index in [0.717, 1.165) is 12.8 Å². The lowest BCUT2D eigenvalue weighted by molar-refractivity contribution is -0.155. The van der Waals surface area contributed by atoms with Crippen LogP contribution in [0.3, 0.4) is 0 Å². The molecule has 0 aliphatic rings. The largest absolute Gasteiger partial charge is 0.508 e. The van der Waals surface area contributed by atoms with Crippen LogP contribution in [0.2, 0.25) is 0 Å². The molecule has 0 spiro atoms. The molecule has 41 heavy (non-hydrogen) atoms. The Morgan fingerprint density at radius 2 is 1.27 bits per heavy atom. The molecule has 232 valence electrons. The summed E-state index contributed by atoms with van der Waals surface area (Å²) >= 11 is 0. The summed E-state index contributed by atoms with van der Waals surface area (Å²) in [4.78, 5) is 49.8. The van der Waals surface area contributed by atoms with Crippen LogP contribution in [0.4, 0.5) is 4.79 Å². The minimum Gasteiger partial charge on any atom is -0.458 e. The van der Waals surface area contributed by atoms with Crippen molar-refractivity contribution in [2.24, 2.45) is 23.5 Å². The van der Waals surface area contributed by atoms with Crippen molar-refractivity contribution in [3.05, 3.63) is 23.8 Å². The van der Waals surface area contributed by atoms with E-state index in [1.807, 2.05) is 27.7 Å². The Bertz CT molecular complexity index is 994. The number of rotatable bonds is 17. The molecule has 10 nitrogen and oxygen atoms in total. The fourth-order valence-electron chi connectivity index (χ4n) is 3.73. The molecule has 2 unspecified atom stereocenters. The first-order chi connectivity index (χ1) is 19.3. The second-order valence-electron chi connectivity index (χ2n) is 11.1. The SMILES string of the molecule is CCCC(C)C(=O)Oc1ccc(C[C@H](N)C(=O)O[C@@H](C)[C@H](C)OC(=O)OCCC(C)C)cc1OC(=O)C(C)CCC. The minimum absolute atomic E-state index is 0.0631. The maximum atomic E-state index is 12.7. The highest BCUT2D eigenvalue weighted by Crippen LogP contribution is 2.31. The molecular weight excluding hydrogens is 530 g/mol. The number of hydrogen-bond donors (Lipinski definition) is 1. The molecule has 1 aromatic rings. The van der Waals surface area contributed by atoms with Gasteiger partial charge in [-0.15, -0.1) is 0 Å². The number of nitrogens with two attached hydrogens (primary N) is 1. The van der Waals surface area contributed by atoms with Gasteiger partial charge in [0.05, 0.1) is 18.4 Å². The van der Waals surface area contributed by atoms with Gasteiger partial charge in [-0.1, -0.05) is 60.5 Å². The molecule has 0 aromatic heterocycles. The molecule has 1 aromatic carbocycles. The lowest BCUT2D eigenvalue weighted by Gasteiger charge is -2.22. The molecule has 10 heteroatoms. The fourth-order valence-corrected chi connectivity index (χ4v) is 3.73. The van der Waals surface area contributed by atoms with Gasteiger partial charge in [-0.2, -0.15) is 0 Å². The van der Waals surface area contributed by atoms with Crippen molar-refractivity contribution in [1.82, 2.24) is 0 Å². The molecule has 0 fully saturated rings. The first-order valence-electron chi connectivity index (χ1n) is 14.6. The average Bonchev–Trinajstić information content (AvgIpc) is 2.89. The summed E-state index contributed by atoms with van der Waals surface area (Å²) in [7, 11) is 0. The van der Waals surface area contributed by atoms with Crippen LogP contribution in [0.25, 0.3) is 0 Å². The number of carbonyl (C=O) groups is 4. The zero-order chi connectivity index (χ0) is 31.1. The number of benzene rings is 1. The molecule has 0 amide bonds. The van der Waals surface area contributed by atoms with Gasteiger partial charge >= 0.3 is 24.1 Å². The monoisotopic (exact) mass is 579 g/mol. The highest BCUT2D eigenvalue weighted by molar-refractivity contribution is 5.79. The summed E-state index contributed by atoms with van der Waals surface area (Å²) in [5, 5.41) is 0. The van der Waals surface area contributed by atoms with Crippen LogP contribution in [0.15, 0.2) is 18.2 Å². The number of ether oxygens (including phenoxy) is 5. The van der Waals surface area contributed by atoms with Gasteiger partial charge in [-0.25, -0.2) is 4.79 Å². The molecule has 0 saturated heterocycles. The predicted molar refractivity (Wildman–Crippen MR) is 154 cm³/mol. The van der Waals surface area contributed by atoms with Crippen molar-refractivity contribution in [2.45, 2.75) is 112 Å². The summed E-state index contributed by atoms with van der Waals surface area (Å²) in [6.45, 7) is 15.0. The topological polar surface area (TPSA) is 140 Å². The molecule has 0 heterocycles. The Labute approximate surface area is 244 Å². The maximum absolute atomic E-state index is 12.7. The Hall–Kier alpha value is -3.14. The molecule has 2 N–H and O–H groups in total. The number of hydrogen-bond acceptors (Lipinski definition) is 10. The first kappa shape index (κ1) is 35.9. The van der Waals surface area contributed by atoms with Crippen molar-refractivity contribution in [3.63, 3.8) is 0 Å². The molecule has 5 atom stereocenters. The van der Waals surface area contributed by atoms with Gasteiger partial charge in [-0.3, -0.25) is 14.4 Å². The molecular formula is C31H49NO9. The summed E-state index contributed by atoms with van der Waals surface area (Å²) in [5.41, 5.74) is 6.70. The fraction of sp³-hybridized carbons (Fsp3) is 0.677. The Morgan fingerprint density at radius 1 is 0.732 bits per heavy atom. The van der Waals surface area contributed by atoms with Gasteiger partial charge in [0.25, 0.3) is 0 Å². The van der Waals surface area contributed by atoms with Crippen LogP contribution < -0.4 is 15.2 Å². The Kier molecular flexibility index (Phi) is 16.0. The highest BCUT2D eigenvalue weighted by Gasteiger charge is 2.26. The molecule has 0 aliphatic carbocycles. The quantitative estimate of drug-likeness (QED) is 0.179. The molecule has 1 rings (SSSR count). The van der Waals surface area contributed by atoms with Gasteiger partial charge in [0.1, 0.15) is 18.2 Å². The van der Waals surface area contributed by atoms with E-state index in [1.54, 1.807) is 39.8 Å². The van der Waals surface area contributed by atoms with Gasteiger partial charge < -0.3 is 29.4 Å². The van der Waals surface area contributed by atoms with Crippen LogP contribution in [0.5, 0.6) is 11.5 Å². The summed E-state index contributed by atoms with van der Waals surface area (Å²) < 4.78 is 26.8. The lowest BCUT2D eigenvalue weighted by Crippen LogP contribution is -2.39. The van der Waals surface area contributed by atoms with Crippen molar-refractivity contribution in [3.8, 4) is 11.5 Å². The van der Waals surface area contributed by atoms with E-state index in [-0.39, 0.29) is 36.4 Å². The number of carbonyl (C=O) groups excluding carboxylic acids is 4. The van der Waals surface area contributed by atoms with E-state index in [2.05, 4.69) is 0 Å². The third-order valence-corrected chi connectivity index (χ3v) is 6.60. The van der Waals surface area contributed by atoms with E-state index >= 15 is 0 Å². The normalized spacial score (nSPS) is 14.8. The third-order valence-electron chi connectivity index (χ3n) is 6.60. The zero-order valence-electron chi connectivity index (χ0n) is 25.9. The van der Waals surface area contributed by atoms with E-state index in [1.165, 1.54) is 6.07 Å². The van der Waals surface area contributed by atoms with Gasteiger partial charge in [-0.05, 0) is 63.1 Å². The summed E-state index contributed by atoms with van der Waals surface area (Å²) in [5.74, 6) is -1.64. The van der Waals surface area contributed by atoms with Crippen LogP contribution in [0, 0.1) is 17.8 Å². The maximum Gasteiger partial charge on any atom is 0.508 e. The van der Waals surface area contributed by atoms with E-state index < -0.39 is 42.3 Å². The number of esters is 3. The van der Waals surface area contributed by atoms with Crippen molar-refractivity contribution < 1.29 is 42.9 Å².